The maximum atomic E-state index is 6.68. The van der Waals surface area contributed by atoms with Gasteiger partial charge in [0.15, 0.2) is 5.79 Å². The predicted octanol–water partition coefficient (Wildman–Crippen LogP) is 5.84. The third-order valence-electron chi connectivity index (χ3n) is 6.74. The molecular formula is C31H36O7S. The quantitative estimate of drug-likeness (QED) is 0.294. The van der Waals surface area contributed by atoms with Gasteiger partial charge in [-0.3, -0.25) is 0 Å². The monoisotopic (exact) mass is 552 g/mol. The fourth-order valence-electron chi connectivity index (χ4n) is 4.81. The van der Waals surface area contributed by atoms with Crippen molar-refractivity contribution in [3.63, 3.8) is 0 Å². The predicted molar refractivity (Wildman–Crippen MR) is 149 cm³/mol. The summed E-state index contributed by atoms with van der Waals surface area (Å²) >= 11 is 1.63. The summed E-state index contributed by atoms with van der Waals surface area (Å²) in [7, 11) is 3.32. The molecule has 2 heterocycles. The van der Waals surface area contributed by atoms with Crippen molar-refractivity contribution in [2.24, 2.45) is 0 Å². The van der Waals surface area contributed by atoms with E-state index in [1.54, 1.807) is 26.0 Å². The van der Waals surface area contributed by atoms with Crippen LogP contribution in [0.25, 0.3) is 0 Å². The highest BCUT2D eigenvalue weighted by molar-refractivity contribution is 7.99. The fraction of sp³-hybridized carbons (Fsp3) is 0.419. The number of rotatable bonds is 11. The van der Waals surface area contributed by atoms with E-state index in [4.69, 9.17) is 33.2 Å². The summed E-state index contributed by atoms with van der Waals surface area (Å²) in [6.07, 6.45) is -1.33. The lowest BCUT2D eigenvalue weighted by atomic mass is 10.00. The van der Waals surface area contributed by atoms with E-state index in [-0.39, 0.29) is 29.9 Å². The molecule has 208 valence electrons. The summed E-state index contributed by atoms with van der Waals surface area (Å²) in [5, 5.41) is 0. The van der Waals surface area contributed by atoms with Crippen molar-refractivity contribution >= 4 is 11.8 Å². The van der Waals surface area contributed by atoms with Gasteiger partial charge in [-0.2, -0.15) is 0 Å². The van der Waals surface area contributed by atoms with Crippen LogP contribution in [0.4, 0.5) is 0 Å². The van der Waals surface area contributed by atoms with Crippen molar-refractivity contribution < 1.29 is 33.2 Å². The second-order valence-electron chi connectivity index (χ2n) is 10.0. The van der Waals surface area contributed by atoms with Crippen molar-refractivity contribution in [3.8, 4) is 11.5 Å². The van der Waals surface area contributed by atoms with Crippen molar-refractivity contribution in [3.05, 3.63) is 90.0 Å². The molecule has 7 nitrogen and oxygen atoms in total. The van der Waals surface area contributed by atoms with E-state index in [0.29, 0.717) is 19.8 Å². The zero-order valence-electron chi connectivity index (χ0n) is 22.8. The Morgan fingerprint density at radius 3 is 1.95 bits per heavy atom. The van der Waals surface area contributed by atoms with Crippen LogP contribution in [0.5, 0.6) is 11.5 Å². The van der Waals surface area contributed by atoms with Crippen LogP contribution in [-0.4, -0.2) is 56.5 Å². The van der Waals surface area contributed by atoms with Crippen LogP contribution in [-0.2, 0) is 36.9 Å². The molecule has 8 heteroatoms. The minimum Gasteiger partial charge on any atom is -0.497 e. The first-order valence-electron chi connectivity index (χ1n) is 13.1. The van der Waals surface area contributed by atoms with Crippen molar-refractivity contribution in [1.29, 1.82) is 0 Å². The second-order valence-corrected chi connectivity index (χ2v) is 11.2. The Kier molecular flexibility index (Phi) is 9.12. The molecular weight excluding hydrogens is 516 g/mol. The second kappa shape index (κ2) is 12.7. The molecule has 0 aromatic heterocycles. The normalized spacial score (nSPS) is 25.7. The van der Waals surface area contributed by atoms with Gasteiger partial charge in [-0.1, -0.05) is 54.2 Å². The standard InChI is InChI=1S/C31H36O7S/c1-31(2)37-27-26(20-34-18-21-10-14-23(32-3)15-11-21)36-30(39-25-8-6-5-7-9-25)29(28(27)38-31)35-19-22-12-16-24(33-4)17-13-22/h5-17,26-30H,18-20H2,1-4H3/t26-,27+,28+,29-,30+/m1/s1. The van der Waals surface area contributed by atoms with Gasteiger partial charge in [0.1, 0.15) is 41.4 Å². The maximum Gasteiger partial charge on any atom is 0.164 e. The van der Waals surface area contributed by atoms with Crippen LogP contribution in [0, 0.1) is 0 Å². The summed E-state index contributed by atoms with van der Waals surface area (Å²) in [5.74, 6) is 0.863. The lowest BCUT2D eigenvalue weighted by molar-refractivity contribution is -0.192. The summed E-state index contributed by atoms with van der Waals surface area (Å²) in [4.78, 5) is 1.09. The van der Waals surface area contributed by atoms with Gasteiger partial charge in [0.25, 0.3) is 0 Å². The molecule has 3 aromatic rings. The average Bonchev–Trinajstić information content (AvgIpc) is 3.29. The van der Waals surface area contributed by atoms with Crippen LogP contribution in [0.3, 0.4) is 0 Å². The summed E-state index contributed by atoms with van der Waals surface area (Å²) in [5.41, 5.74) is 1.78. The van der Waals surface area contributed by atoms with E-state index in [1.165, 1.54) is 0 Å². The van der Waals surface area contributed by atoms with Crippen LogP contribution in [0.15, 0.2) is 83.8 Å². The number of ether oxygens (including phenoxy) is 7. The third kappa shape index (κ3) is 7.14. The number of methoxy groups -OCH3 is 2. The van der Waals surface area contributed by atoms with Gasteiger partial charge >= 0.3 is 0 Å². The van der Waals surface area contributed by atoms with Crippen LogP contribution >= 0.6 is 11.8 Å². The lowest BCUT2D eigenvalue weighted by Crippen LogP contribution is -2.57. The topological polar surface area (TPSA) is 64.6 Å². The molecule has 0 radical (unpaired) electrons. The molecule has 0 amide bonds. The van der Waals surface area contributed by atoms with Crippen molar-refractivity contribution in [2.75, 3.05) is 20.8 Å². The Balaban J connectivity index is 1.32. The highest BCUT2D eigenvalue weighted by Gasteiger charge is 2.56. The van der Waals surface area contributed by atoms with Gasteiger partial charge in [0.05, 0.1) is 34.0 Å². The molecule has 0 unspecified atom stereocenters. The smallest absolute Gasteiger partial charge is 0.164 e. The molecule has 0 N–H and O–H groups in total. The molecule has 0 saturated carbocycles. The van der Waals surface area contributed by atoms with E-state index in [9.17, 15) is 0 Å². The Hall–Kier alpha value is -2.59. The van der Waals surface area contributed by atoms with E-state index < -0.39 is 5.79 Å². The van der Waals surface area contributed by atoms with Crippen LogP contribution in [0.2, 0.25) is 0 Å². The van der Waals surface area contributed by atoms with E-state index in [0.717, 1.165) is 27.5 Å². The van der Waals surface area contributed by atoms with E-state index in [1.807, 2.05) is 80.6 Å². The Morgan fingerprint density at radius 2 is 1.33 bits per heavy atom. The zero-order chi connectivity index (χ0) is 27.2. The van der Waals surface area contributed by atoms with Gasteiger partial charge in [0, 0.05) is 4.90 Å². The van der Waals surface area contributed by atoms with Gasteiger partial charge in [0.2, 0.25) is 0 Å². The molecule has 5 rings (SSSR count). The van der Waals surface area contributed by atoms with Gasteiger partial charge < -0.3 is 33.2 Å². The molecule has 3 aromatic carbocycles. The van der Waals surface area contributed by atoms with Gasteiger partial charge in [-0.25, -0.2) is 0 Å². The summed E-state index contributed by atoms with van der Waals surface area (Å²) in [6.45, 7) is 5.10. The SMILES string of the molecule is COc1ccc(COC[C@H]2O[C@@H](Sc3ccccc3)[C@H](OCc3ccc(OC)cc3)[C@H]3OC(C)(C)O[C@H]32)cc1. The molecule has 0 bridgehead atoms. The van der Waals surface area contributed by atoms with Crippen molar-refractivity contribution in [1.82, 2.24) is 0 Å². The highest BCUT2D eigenvalue weighted by atomic mass is 32.2. The number of hydrogen-bond donors (Lipinski definition) is 0. The molecule has 2 saturated heterocycles. The first kappa shape index (κ1) is 28.0. The number of benzene rings is 3. The van der Waals surface area contributed by atoms with Crippen LogP contribution < -0.4 is 9.47 Å². The maximum absolute atomic E-state index is 6.68. The van der Waals surface area contributed by atoms with Crippen LogP contribution in [0.1, 0.15) is 25.0 Å². The summed E-state index contributed by atoms with van der Waals surface area (Å²) < 4.78 is 42.7. The molecule has 39 heavy (non-hydrogen) atoms. The minimum absolute atomic E-state index is 0.317. The Morgan fingerprint density at radius 1 is 0.744 bits per heavy atom. The first-order chi connectivity index (χ1) is 18.9. The van der Waals surface area contributed by atoms with E-state index in [2.05, 4.69) is 12.1 Å². The van der Waals surface area contributed by atoms with Crippen molar-refractivity contribution in [2.45, 2.75) is 67.6 Å². The largest absolute Gasteiger partial charge is 0.497 e. The third-order valence-corrected chi connectivity index (χ3v) is 7.89. The average molecular weight is 553 g/mol. The molecule has 2 aliphatic heterocycles. The number of thioether (sulfide) groups is 1. The van der Waals surface area contributed by atoms with E-state index >= 15 is 0 Å². The molecule has 5 atom stereocenters. The Labute approximate surface area is 234 Å². The number of fused-ring (bicyclic) bond motifs is 1. The highest BCUT2D eigenvalue weighted by Crippen LogP contribution is 2.43. The molecule has 2 fully saturated rings. The summed E-state index contributed by atoms with van der Waals surface area (Å²) in [6, 6.07) is 25.9. The van der Waals surface area contributed by atoms with Gasteiger partial charge in [-0.05, 0) is 61.4 Å². The Bertz CT molecular complexity index is 1170. The van der Waals surface area contributed by atoms with Gasteiger partial charge in [-0.15, -0.1) is 0 Å². The molecule has 0 spiro atoms. The zero-order valence-corrected chi connectivity index (χ0v) is 23.6. The molecule has 2 aliphatic rings. The first-order valence-corrected chi connectivity index (χ1v) is 14.0. The molecule has 0 aliphatic carbocycles. The minimum atomic E-state index is -0.763. The lowest BCUT2D eigenvalue weighted by Gasteiger charge is -2.41. The number of hydrogen-bond acceptors (Lipinski definition) is 8. The fourth-order valence-corrected chi connectivity index (χ4v) is 5.95.